The predicted molar refractivity (Wildman–Crippen MR) is 74.8 cm³/mol. The number of nitrogens with one attached hydrogen (secondary N) is 1. The molecular formula is C12H15ClN6O. The third-order valence-corrected chi connectivity index (χ3v) is 2.87. The zero-order valence-electron chi connectivity index (χ0n) is 11.7. The van der Waals surface area contributed by atoms with E-state index in [9.17, 15) is 4.79 Å². The number of anilines is 1. The third kappa shape index (κ3) is 2.93. The summed E-state index contributed by atoms with van der Waals surface area (Å²) in [5.74, 6) is 1.15. The van der Waals surface area contributed by atoms with E-state index in [2.05, 4.69) is 25.4 Å². The van der Waals surface area contributed by atoms with E-state index in [0.717, 1.165) is 0 Å². The minimum absolute atomic E-state index is 0.107. The van der Waals surface area contributed by atoms with Gasteiger partial charge in [0.1, 0.15) is 11.6 Å². The Morgan fingerprint density at radius 2 is 2.10 bits per heavy atom. The number of aromatic nitrogens is 5. The summed E-state index contributed by atoms with van der Waals surface area (Å²) in [6, 6.07) is 0. The number of halogens is 1. The maximum Gasteiger partial charge on any atom is 0.278 e. The van der Waals surface area contributed by atoms with Crippen LogP contribution in [0, 0.1) is 6.92 Å². The SMILES string of the molecule is Cc1nc(NC(=O)c2nc(C(C)C)ncc2Cl)n(C)n1. The van der Waals surface area contributed by atoms with Crippen molar-refractivity contribution in [2.24, 2.45) is 7.05 Å². The summed E-state index contributed by atoms with van der Waals surface area (Å²) in [4.78, 5) is 24.6. The van der Waals surface area contributed by atoms with Gasteiger partial charge in [-0.1, -0.05) is 25.4 Å². The van der Waals surface area contributed by atoms with Crippen molar-refractivity contribution in [3.05, 3.63) is 28.6 Å². The quantitative estimate of drug-likeness (QED) is 0.935. The molecule has 20 heavy (non-hydrogen) atoms. The van der Waals surface area contributed by atoms with Crippen LogP contribution in [0.2, 0.25) is 5.02 Å². The number of aryl methyl sites for hydroxylation is 2. The molecule has 7 nitrogen and oxygen atoms in total. The summed E-state index contributed by atoms with van der Waals surface area (Å²) in [7, 11) is 1.69. The largest absolute Gasteiger partial charge is 0.289 e. The third-order valence-electron chi connectivity index (χ3n) is 2.59. The molecule has 0 spiro atoms. The number of nitrogens with zero attached hydrogens (tertiary/aromatic N) is 5. The smallest absolute Gasteiger partial charge is 0.278 e. The van der Waals surface area contributed by atoms with Crippen molar-refractivity contribution in [2.45, 2.75) is 26.7 Å². The lowest BCUT2D eigenvalue weighted by molar-refractivity contribution is 0.102. The minimum atomic E-state index is -0.435. The van der Waals surface area contributed by atoms with Gasteiger partial charge in [0.2, 0.25) is 5.95 Å². The first kappa shape index (κ1) is 14.4. The van der Waals surface area contributed by atoms with E-state index in [1.807, 2.05) is 13.8 Å². The predicted octanol–water partition coefficient (Wildman–Crippen LogP) is 1.94. The Balaban J connectivity index is 2.29. The fourth-order valence-corrected chi connectivity index (χ4v) is 1.78. The minimum Gasteiger partial charge on any atom is -0.289 e. The summed E-state index contributed by atoms with van der Waals surface area (Å²) in [6.45, 7) is 5.62. The average molecular weight is 295 g/mol. The average Bonchev–Trinajstić information content (AvgIpc) is 2.67. The molecule has 2 heterocycles. The van der Waals surface area contributed by atoms with Crippen LogP contribution < -0.4 is 5.32 Å². The normalized spacial score (nSPS) is 10.9. The summed E-state index contributed by atoms with van der Waals surface area (Å²) in [6.07, 6.45) is 1.43. The first-order valence-electron chi connectivity index (χ1n) is 6.10. The van der Waals surface area contributed by atoms with Crippen LogP contribution in [0.5, 0.6) is 0 Å². The lowest BCUT2D eigenvalue weighted by atomic mass is 10.2. The van der Waals surface area contributed by atoms with Crippen LogP contribution in [0.3, 0.4) is 0 Å². The Morgan fingerprint density at radius 1 is 1.40 bits per heavy atom. The molecular weight excluding hydrogens is 280 g/mol. The molecule has 8 heteroatoms. The summed E-state index contributed by atoms with van der Waals surface area (Å²) < 4.78 is 1.48. The monoisotopic (exact) mass is 294 g/mol. The summed E-state index contributed by atoms with van der Waals surface area (Å²) >= 11 is 5.98. The van der Waals surface area contributed by atoms with Crippen LogP contribution in [0.25, 0.3) is 0 Å². The Bertz CT molecular complexity index is 651. The molecule has 0 bridgehead atoms. The van der Waals surface area contributed by atoms with Crippen LogP contribution in [0.1, 0.15) is 41.9 Å². The van der Waals surface area contributed by atoms with Crippen molar-refractivity contribution < 1.29 is 4.79 Å². The van der Waals surface area contributed by atoms with Gasteiger partial charge in [-0.25, -0.2) is 14.6 Å². The van der Waals surface area contributed by atoms with Gasteiger partial charge in [0, 0.05) is 13.0 Å². The van der Waals surface area contributed by atoms with E-state index in [1.54, 1.807) is 14.0 Å². The van der Waals surface area contributed by atoms with E-state index in [1.165, 1.54) is 10.9 Å². The number of hydrogen-bond donors (Lipinski definition) is 1. The maximum atomic E-state index is 12.2. The molecule has 106 valence electrons. The molecule has 0 atom stereocenters. The second-order valence-electron chi connectivity index (χ2n) is 4.64. The highest BCUT2D eigenvalue weighted by atomic mass is 35.5. The van der Waals surface area contributed by atoms with E-state index in [0.29, 0.717) is 17.6 Å². The van der Waals surface area contributed by atoms with Gasteiger partial charge >= 0.3 is 0 Å². The van der Waals surface area contributed by atoms with Crippen LogP contribution in [0.4, 0.5) is 5.95 Å². The first-order valence-corrected chi connectivity index (χ1v) is 6.47. The standard InChI is InChI=1S/C12H15ClN6O/c1-6(2)10-14-5-8(13)9(16-10)11(20)17-12-15-7(3)18-19(12)4/h5-6H,1-4H3,(H,15,17,18,20). The lowest BCUT2D eigenvalue weighted by Crippen LogP contribution is -2.18. The number of amides is 1. The molecule has 0 radical (unpaired) electrons. The van der Waals surface area contributed by atoms with Crippen molar-refractivity contribution in [3.8, 4) is 0 Å². The van der Waals surface area contributed by atoms with E-state index >= 15 is 0 Å². The van der Waals surface area contributed by atoms with E-state index in [4.69, 9.17) is 11.6 Å². The van der Waals surface area contributed by atoms with Gasteiger partial charge in [0.05, 0.1) is 11.2 Å². The molecule has 2 aromatic heterocycles. The Labute approximate surface area is 121 Å². The molecule has 0 aliphatic rings. The summed E-state index contributed by atoms with van der Waals surface area (Å²) in [5, 5.41) is 6.88. The van der Waals surface area contributed by atoms with Gasteiger partial charge in [-0.3, -0.25) is 10.1 Å². The van der Waals surface area contributed by atoms with Gasteiger partial charge in [-0.15, -0.1) is 0 Å². The highest BCUT2D eigenvalue weighted by Crippen LogP contribution is 2.17. The van der Waals surface area contributed by atoms with Gasteiger partial charge < -0.3 is 0 Å². The lowest BCUT2D eigenvalue weighted by Gasteiger charge is -2.08. The topological polar surface area (TPSA) is 85.6 Å². The summed E-state index contributed by atoms with van der Waals surface area (Å²) in [5.41, 5.74) is 0.131. The molecule has 1 N–H and O–H groups in total. The Kier molecular flexibility index (Phi) is 3.99. The van der Waals surface area contributed by atoms with Crippen molar-refractivity contribution >= 4 is 23.5 Å². The molecule has 2 rings (SSSR count). The van der Waals surface area contributed by atoms with Crippen LogP contribution in [0.15, 0.2) is 6.20 Å². The Morgan fingerprint density at radius 3 is 2.65 bits per heavy atom. The van der Waals surface area contributed by atoms with E-state index in [-0.39, 0.29) is 16.6 Å². The van der Waals surface area contributed by atoms with Gasteiger partial charge in [0.15, 0.2) is 5.69 Å². The van der Waals surface area contributed by atoms with Crippen molar-refractivity contribution in [1.82, 2.24) is 24.7 Å². The second kappa shape index (κ2) is 5.54. The fourth-order valence-electron chi connectivity index (χ4n) is 1.60. The van der Waals surface area contributed by atoms with Gasteiger partial charge in [0.25, 0.3) is 5.91 Å². The Hall–Kier alpha value is -2.02. The van der Waals surface area contributed by atoms with Crippen molar-refractivity contribution in [1.29, 1.82) is 0 Å². The van der Waals surface area contributed by atoms with Crippen LogP contribution in [-0.4, -0.2) is 30.6 Å². The first-order chi connectivity index (χ1) is 9.38. The zero-order chi connectivity index (χ0) is 14.9. The van der Waals surface area contributed by atoms with Gasteiger partial charge in [-0.2, -0.15) is 10.1 Å². The van der Waals surface area contributed by atoms with Crippen LogP contribution in [-0.2, 0) is 7.05 Å². The van der Waals surface area contributed by atoms with Crippen LogP contribution >= 0.6 is 11.6 Å². The molecule has 0 aliphatic carbocycles. The second-order valence-corrected chi connectivity index (χ2v) is 5.05. The van der Waals surface area contributed by atoms with Crippen molar-refractivity contribution in [3.63, 3.8) is 0 Å². The number of carbonyl (C=O) groups excluding carboxylic acids is 1. The molecule has 1 amide bonds. The molecule has 0 saturated carbocycles. The zero-order valence-corrected chi connectivity index (χ0v) is 12.4. The van der Waals surface area contributed by atoms with E-state index < -0.39 is 5.91 Å². The van der Waals surface area contributed by atoms with Crippen molar-refractivity contribution in [2.75, 3.05) is 5.32 Å². The maximum absolute atomic E-state index is 12.2. The fraction of sp³-hybridized carbons (Fsp3) is 0.417. The highest BCUT2D eigenvalue weighted by molar-refractivity contribution is 6.33. The number of hydrogen-bond acceptors (Lipinski definition) is 5. The van der Waals surface area contributed by atoms with Gasteiger partial charge in [-0.05, 0) is 6.92 Å². The molecule has 0 aromatic carbocycles. The number of rotatable bonds is 3. The highest BCUT2D eigenvalue weighted by Gasteiger charge is 2.17. The molecule has 0 fully saturated rings. The molecule has 2 aromatic rings. The molecule has 0 saturated heterocycles. The molecule has 0 unspecified atom stereocenters. The molecule has 0 aliphatic heterocycles. The number of carbonyl (C=O) groups is 1.